The number of nitrogens with one attached hydrogen (secondary N) is 2. The zero-order chi connectivity index (χ0) is 12.5. The number of methoxy groups -OCH3 is 1. The van der Waals surface area contributed by atoms with Gasteiger partial charge < -0.3 is 10.1 Å². The summed E-state index contributed by atoms with van der Waals surface area (Å²) in [6.07, 6.45) is 6.68. The minimum absolute atomic E-state index is 0.101. The standard InChI is InChI=1S/C12H15N3O2/c1-3-5-13-9-11(16)15-8-10-4-6-14-12(7-10)17-2/h1,4,6-7,13H,5,8-9H2,2H3,(H,15,16). The molecule has 1 amide bonds. The number of hydrogen-bond acceptors (Lipinski definition) is 4. The van der Waals surface area contributed by atoms with Crippen LogP contribution in [0.5, 0.6) is 5.88 Å². The molecule has 5 heteroatoms. The molecule has 0 saturated heterocycles. The number of terminal acetylenes is 1. The first-order chi connectivity index (χ1) is 8.26. The topological polar surface area (TPSA) is 63.2 Å². The highest BCUT2D eigenvalue weighted by Crippen LogP contribution is 2.07. The van der Waals surface area contributed by atoms with Crippen LogP contribution in [0.25, 0.3) is 0 Å². The van der Waals surface area contributed by atoms with E-state index in [-0.39, 0.29) is 12.5 Å². The lowest BCUT2D eigenvalue weighted by atomic mass is 10.2. The van der Waals surface area contributed by atoms with Crippen LogP contribution in [0.4, 0.5) is 0 Å². The highest BCUT2D eigenvalue weighted by atomic mass is 16.5. The first kappa shape index (κ1) is 13.0. The molecule has 0 radical (unpaired) electrons. The monoisotopic (exact) mass is 233 g/mol. The van der Waals surface area contributed by atoms with Crippen LogP contribution in [0.15, 0.2) is 18.3 Å². The molecule has 0 aliphatic carbocycles. The van der Waals surface area contributed by atoms with Gasteiger partial charge in [-0.15, -0.1) is 6.42 Å². The molecule has 1 rings (SSSR count). The van der Waals surface area contributed by atoms with Crippen molar-refractivity contribution in [3.63, 3.8) is 0 Å². The van der Waals surface area contributed by atoms with Gasteiger partial charge in [-0.2, -0.15) is 0 Å². The third kappa shape index (κ3) is 5.00. The maximum atomic E-state index is 11.4. The molecule has 90 valence electrons. The maximum absolute atomic E-state index is 11.4. The fourth-order valence-electron chi connectivity index (χ4n) is 1.18. The molecule has 0 aliphatic heterocycles. The number of ether oxygens (including phenoxy) is 1. The summed E-state index contributed by atoms with van der Waals surface area (Å²) in [7, 11) is 1.55. The zero-order valence-corrected chi connectivity index (χ0v) is 9.69. The Bertz CT molecular complexity index is 412. The highest BCUT2D eigenvalue weighted by molar-refractivity contribution is 5.77. The lowest BCUT2D eigenvalue weighted by Gasteiger charge is -2.06. The van der Waals surface area contributed by atoms with Crippen molar-refractivity contribution in [2.75, 3.05) is 20.2 Å². The Morgan fingerprint density at radius 3 is 3.18 bits per heavy atom. The molecule has 0 fully saturated rings. The van der Waals surface area contributed by atoms with E-state index in [1.165, 1.54) is 0 Å². The molecule has 0 saturated carbocycles. The molecule has 1 aromatic rings. The molecular weight excluding hydrogens is 218 g/mol. The third-order valence-electron chi connectivity index (χ3n) is 2.01. The molecule has 2 N–H and O–H groups in total. The minimum Gasteiger partial charge on any atom is -0.481 e. The average Bonchev–Trinajstić information content (AvgIpc) is 2.37. The predicted molar refractivity (Wildman–Crippen MR) is 64.3 cm³/mol. The van der Waals surface area contributed by atoms with Crippen molar-refractivity contribution >= 4 is 5.91 Å². The minimum atomic E-state index is -0.101. The van der Waals surface area contributed by atoms with E-state index in [1.807, 2.05) is 6.07 Å². The van der Waals surface area contributed by atoms with Crippen LogP contribution in [0.1, 0.15) is 5.56 Å². The van der Waals surface area contributed by atoms with Gasteiger partial charge >= 0.3 is 0 Å². The van der Waals surface area contributed by atoms with Crippen LogP contribution in [0.3, 0.4) is 0 Å². The summed E-state index contributed by atoms with van der Waals surface area (Å²) in [5.74, 6) is 2.82. The molecule has 0 spiro atoms. The van der Waals surface area contributed by atoms with Crippen molar-refractivity contribution in [3.8, 4) is 18.2 Å². The fourth-order valence-corrected chi connectivity index (χ4v) is 1.18. The number of rotatable bonds is 6. The Labute approximate surface area is 101 Å². The van der Waals surface area contributed by atoms with E-state index in [4.69, 9.17) is 11.2 Å². The second kappa shape index (κ2) is 7.25. The zero-order valence-electron chi connectivity index (χ0n) is 9.69. The summed E-state index contributed by atoms with van der Waals surface area (Å²) < 4.78 is 4.98. The van der Waals surface area contributed by atoms with E-state index < -0.39 is 0 Å². The number of hydrogen-bond donors (Lipinski definition) is 2. The van der Waals surface area contributed by atoms with Gasteiger partial charge in [-0.25, -0.2) is 4.98 Å². The van der Waals surface area contributed by atoms with E-state index in [0.29, 0.717) is 19.0 Å². The number of aromatic nitrogens is 1. The van der Waals surface area contributed by atoms with Crippen molar-refractivity contribution in [3.05, 3.63) is 23.9 Å². The number of pyridine rings is 1. The SMILES string of the molecule is C#CCNCC(=O)NCc1ccnc(OC)c1. The molecule has 0 aromatic carbocycles. The van der Waals surface area contributed by atoms with Crippen molar-refractivity contribution in [2.45, 2.75) is 6.54 Å². The molecule has 0 bridgehead atoms. The lowest BCUT2D eigenvalue weighted by molar-refractivity contribution is -0.120. The quantitative estimate of drug-likeness (QED) is 0.533. The summed E-state index contributed by atoms with van der Waals surface area (Å²) in [6.45, 7) is 1.04. The van der Waals surface area contributed by atoms with Gasteiger partial charge in [-0.1, -0.05) is 5.92 Å². The van der Waals surface area contributed by atoms with Crippen LogP contribution in [-0.4, -0.2) is 31.1 Å². The Morgan fingerprint density at radius 1 is 1.65 bits per heavy atom. The number of nitrogens with zero attached hydrogens (tertiary/aromatic N) is 1. The van der Waals surface area contributed by atoms with Gasteiger partial charge in [0.05, 0.1) is 20.2 Å². The van der Waals surface area contributed by atoms with Crippen molar-refractivity contribution in [1.82, 2.24) is 15.6 Å². The van der Waals surface area contributed by atoms with E-state index in [0.717, 1.165) is 5.56 Å². The lowest BCUT2D eigenvalue weighted by Crippen LogP contribution is -2.33. The van der Waals surface area contributed by atoms with Crippen LogP contribution in [-0.2, 0) is 11.3 Å². The van der Waals surface area contributed by atoms with Gasteiger partial charge in [0.2, 0.25) is 11.8 Å². The van der Waals surface area contributed by atoms with Gasteiger partial charge in [-0.3, -0.25) is 10.1 Å². The third-order valence-corrected chi connectivity index (χ3v) is 2.01. The Kier molecular flexibility index (Phi) is 5.55. The highest BCUT2D eigenvalue weighted by Gasteiger charge is 2.01. The molecule has 0 aliphatic rings. The first-order valence-electron chi connectivity index (χ1n) is 5.16. The Morgan fingerprint density at radius 2 is 2.47 bits per heavy atom. The Hall–Kier alpha value is -2.06. The Balaban J connectivity index is 2.34. The van der Waals surface area contributed by atoms with E-state index in [2.05, 4.69) is 21.5 Å². The summed E-state index contributed by atoms with van der Waals surface area (Å²) in [5, 5.41) is 5.56. The summed E-state index contributed by atoms with van der Waals surface area (Å²) in [5.41, 5.74) is 0.933. The van der Waals surface area contributed by atoms with Gasteiger partial charge in [0.15, 0.2) is 0 Å². The van der Waals surface area contributed by atoms with E-state index >= 15 is 0 Å². The number of carbonyl (C=O) groups is 1. The molecule has 0 unspecified atom stereocenters. The number of amides is 1. The molecule has 1 aromatic heterocycles. The molecular formula is C12H15N3O2. The van der Waals surface area contributed by atoms with Gasteiger partial charge in [0, 0.05) is 18.8 Å². The van der Waals surface area contributed by atoms with Gasteiger partial charge in [0.25, 0.3) is 0 Å². The molecule has 0 atom stereocenters. The first-order valence-corrected chi connectivity index (χ1v) is 5.16. The summed E-state index contributed by atoms with van der Waals surface area (Å²) in [6, 6.07) is 3.59. The maximum Gasteiger partial charge on any atom is 0.234 e. The summed E-state index contributed by atoms with van der Waals surface area (Å²) >= 11 is 0. The van der Waals surface area contributed by atoms with E-state index in [1.54, 1.807) is 19.4 Å². The second-order valence-electron chi connectivity index (χ2n) is 3.29. The fraction of sp³-hybridized carbons (Fsp3) is 0.333. The molecule has 1 heterocycles. The second-order valence-corrected chi connectivity index (χ2v) is 3.29. The van der Waals surface area contributed by atoms with Crippen molar-refractivity contribution in [1.29, 1.82) is 0 Å². The van der Waals surface area contributed by atoms with Gasteiger partial charge in [-0.05, 0) is 11.6 Å². The van der Waals surface area contributed by atoms with E-state index in [9.17, 15) is 4.79 Å². The van der Waals surface area contributed by atoms with Crippen molar-refractivity contribution < 1.29 is 9.53 Å². The van der Waals surface area contributed by atoms with Crippen molar-refractivity contribution in [2.24, 2.45) is 0 Å². The largest absolute Gasteiger partial charge is 0.481 e. The molecule has 17 heavy (non-hydrogen) atoms. The van der Waals surface area contributed by atoms with Crippen LogP contribution < -0.4 is 15.4 Å². The van der Waals surface area contributed by atoms with Crippen LogP contribution in [0, 0.1) is 12.3 Å². The average molecular weight is 233 g/mol. The molecule has 5 nitrogen and oxygen atoms in total. The summed E-state index contributed by atoms with van der Waals surface area (Å²) in [4.78, 5) is 15.3. The van der Waals surface area contributed by atoms with Gasteiger partial charge in [0.1, 0.15) is 0 Å². The predicted octanol–water partition coefficient (Wildman–Crippen LogP) is -0.0708. The normalized spacial score (nSPS) is 9.41. The number of carbonyl (C=O) groups excluding carboxylic acids is 1. The van der Waals surface area contributed by atoms with Crippen LogP contribution >= 0.6 is 0 Å². The smallest absolute Gasteiger partial charge is 0.234 e. The van der Waals surface area contributed by atoms with Crippen LogP contribution in [0.2, 0.25) is 0 Å².